The van der Waals surface area contributed by atoms with E-state index in [9.17, 15) is 14.7 Å². The van der Waals surface area contributed by atoms with Crippen LogP contribution in [0.1, 0.15) is 80.3 Å². The van der Waals surface area contributed by atoms with Crippen LogP contribution in [0.4, 0.5) is 0 Å². The summed E-state index contributed by atoms with van der Waals surface area (Å²) in [5, 5.41) is 12.4. The molecule has 2 aromatic rings. The molecule has 1 atom stereocenters. The Balaban J connectivity index is 0.00000507. The zero-order chi connectivity index (χ0) is 27.0. The van der Waals surface area contributed by atoms with Crippen LogP contribution in [0.2, 0.25) is 0 Å². The molecule has 0 aromatic heterocycles. The molecule has 7 heteroatoms. The summed E-state index contributed by atoms with van der Waals surface area (Å²) in [4.78, 5) is 27.5. The fraction of sp³-hybridized carbons (Fsp3) is 0.548. The van der Waals surface area contributed by atoms with Crippen LogP contribution in [0.15, 0.2) is 42.5 Å². The number of amides is 1. The summed E-state index contributed by atoms with van der Waals surface area (Å²) in [6.45, 7) is 7.51. The minimum absolute atomic E-state index is 0. The van der Waals surface area contributed by atoms with E-state index in [1.165, 1.54) is 38.5 Å². The summed E-state index contributed by atoms with van der Waals surface area (Å²) < 4.78 is 0. The molecular formula is C31H45LiN2O3S. The molecule has 0 bridgehead atoms. The average Bonchev–Trinajstić information content (AvgIpc) is 2.86. The molecule has 204 valence electrons. The van der Waals surface area contributed by atoms with Gasteiger partial charge >= 0.3 is 24.8 Å². The molecule has 2 N–H and O–H groups in total. The molecule has 0 heterocycles. The minimum atomic E-state index is -1.00. The van der Waals surface area contributed by atoms with Crippen molar-refractivity contribution in [2.75, 3.05) is 19.1 Å². The number of benzene rings is 2. The summed E-state index contributed by atoms with van der Waals surface area (Å²) in [5.41, 5.74) is 4.66. The van der Waals surface area contributed by atoms with Gasteiger partial charge in [-0.1, -0.05) is 62.4 Å². The van der Waals surface area contributed by atoms with Crippen molar-refractivity contribution < 1.29 is 14.7 Å². The number of nitrogens with one attached hydrogen (secondary N) is 1. The Morgan fingerprint density at radius 1 is 1.11 bits per heavy atom. The Labute approximate surface area is 245 Å². The van der Waals surface area contributed by atoms with Crippen LogP contribution in [0.3, 0.4) is 0 Å². The van der Waals surface area contributed by atoms with Crippen LogP contribution >= 0.6 is 11.8 Å². The van der Waals surface area contributed by atoms with Gasteiger partial charge in [0.2, 0.25) is 0 Å². The van der Waals surface area contributed by atoms with E-state index in [0.717, 1.165) is 34.7 Å². The molecular weight excluding hydrogens is 487 g/mol. The quantitative estimate of drug-likeness (QED) is 0.322. The number of carbonyl (C=O) groups is 2. The summed E-state index contributed by atoms with van der Waals surface area (Å²) in [7, 11) is 2.19. The molecule has 3 rings (SSSR count). The van der Waals surface area contributed by atoms with Crippen LogP contribution in [-0.4, -0.2) is 71.4 Å². The van der Waals surface area contributed by atoms with E-state index in [4.69, 9.17) is 0 Å². The summed E-state index contributed by atoms with van der Waals surface area (Å²) in [5.74, 6) is 0.125. The number of carbonyl (C=O) groups excluding carboxylic acids is 1. The van der Waals surface area contributed by atoms with Gasteiger partial charge in [0.1, 0.15) is 6.04 Å². The first-order chi connectivity index (χ1) is 17.6. The topological polar surface area (TPSA) is 69.6 Å². The zero-order valence-corrected chi connectivity index (χ0v) is 24.0. The monoisotopic (exact) mass is 532 g/mol. The van der Waals surface area contributed by atoms with E-state index >= 15 is 0 Å². The molecule has 1 amide bonds. The number of carboxylic acids is 1. The van der Waals surface area contributed by atoms with Gasteiger partial charge in [0.05, 0.1) is 0 Å². The van der Waals surface area contributed by atoms with Crippen molar-refractivity contribution in [2.24, 2.45) is 5.92 Å². The normalized spacial score (nSPS) is 15.1. The molecule has 1 unspecified atom stereocenters. The van der Waals surface area contributed by atoms with Crippen molar-refractivity contribution in [3.05, 3.63) is 59.2 Å². The van der Waals surface area contributed by atoms with Crippen LogP contribution in [0, 0.1) is 12.8 Å². The van der Waals surface area contributed by atoms with Crippen molar-refractivity contribution in [1.29, 1.82) is 0 Å². The first-order valence-electron chi connectivity index (χ1n) is 13.5. The third-order valence-electron chi connectivity index (χ3n) is 7.94. The standard InChI is InChI=1S/C31H44N2O3S.Li.H/c1-22-11-9-10-14-25(22)27-19-24(21-33(4)31(2,3)20-23-12-7-6-8-13-23)15-16-26(27)29(34)32-28(30(35)36)17-18-37-5;;/h9-11,14-16,19,23,28H,6-8,12-13,17-18,20-21H2,1-5H3,(H,32,34)(H,35,36);;. The number of hydrogen-bond acceptors (Lipinski definition) is 4. The molecule has 38 heavy (non-hydrogen) atoms. The number of aliphatic carboxylic acids is 1. The average molecular weight is 533 g/mol. The SMILES string of the molecule is CSCCC(NC(=O)c1ccc(CN(C)C(C)(C)CC2CCCCC2)cc1-c1ccccc1C)C(=O)O.[LiH]. The second-order valence-corrected chi connectivity index (χ2v) is 12.2. The maximum atomic E-state index is 13.4. The molecule has 0 saturated heterocycles. The number of carboxylic acid groups (broad SMARTS) is 1. The van der Waals surface area contributed by atoms with Gasteiger partial charge < -0.3 is 10.4 Å². The molecule has 0 aliphatic heterocycles. The van der Waals surface area contributed by atoms with E-state index < -0.39 is 12.0 Å². The third kappa shape index (κ3) is 8.91. The zero-order valence-electron chi connectivity index (χ0n) is 23.2. The number of rotatable bonds is 12. The van der Waals surface area contributed by atoms with Crippen molar-refractivity contribution in [2.45, 2.75) is 83.8 Å². The summed E-state index contributed by atoms with van der Waals surface area (Å²) in [6, 6.07) is 13.1. The van der Waals surface area contributed by atoms with Crippen molar-refractivity contribution in [3.8, 4) is 11.1 Å². The second-order valence-electron chi connectivity index (χ2n) is 11.2. The third-order valence-corrected chi connectivity index (χ3v) is 8.59. The van der Waals surface area contributed by atoms with Gasteiger partial charge in [0.25, 0.3) is 5.91 Å². The Morgan fingerprint density at radius 3 is 2.42 bits per heavy atom. The number of hydrogen-bond donors (Lipinski definition) is 2. The number of nitrogens with zero attached hydrogens (tertiary/aromatic N) is 1. The summed E-state index contributed by atoms with van der Waals surface area (Å²) in [6.07, 6.45) is 10.3. The Kier molecular flexibility index (Phi) is 13.0. The summed E-state index contributed by atoms with van der Waals surface area (Å²) >= 11 is 1.57. The second kappa shape index (κ2) is 15.2. The van der Waals surface area contributed by atoms with E-state index in [1.54, 1.807) is 11.8 Å². The van der Waals surface area contributed by atoms with Gasteiger partial charge in [-0.15, -0.1) is 0 Å². The predicted octanol–water partition coefficient (Wildman–Crippen LogP) is 6.13. The van der Waals surface area contributed by atoms with Crippen LogP contribution in [0.5, 0.6) is 0 Å². The van der Waals surface area contributed by atoms with E-state index in [-0.39, 0.29) is 30.3 Å². The van der Waals surface area contributed by atoms with Crippen molar-refractivity contribution in [3.63, 3.8) is 0 Å². The van der Waals surface area contributed by atoms with Gasteiger partial charge in [0.15, 0.2) is 0 Å². The molecule has 0 radical (unpaired) electrons. The van der Waals surface area contributed by atoms with E-state index in [1.807, 2.05) is 49.6 Å². The Hall–Kier alpha value is -1.71. The van der Waals surface area contributed by atoms with Crippen LogP contribution in [0.25, 0.3) is 11.1 Å². The first-order valence-corrected chi connectivity index (χ1v) is 14.9. The van der Waals surface area contributed by atoms with E-state index in [0.29, 0.717) is 17.7 Å². The van der Waals surface area contributed by atoms with Crippen molar-refractivity contribution >= 4 is 42.5 Å². The number of aryl methyl sites for hydroxylation is 1. The molecule has 1 aliphatic carbocycles. The Morgan fingerprint density at radius 2 is 1.79 bits per heavy atom. The fourth-order valence-electron chi connectivity index (χ4n) is 5.46. The van der Waals surface area contributed by atoms with Crippen molar-refractivity contribution in [1.82, 2.24) is 10.2 Å². The van der Waals surface area contributed by atoms with Gasteiger partial charge in [-0.25, -0.2) is 4.79 Å². The molecule has 1 saturated carbocycles. The van der Waals surface area contributed by atoms with E-state index in [2.05, 4.69) is 37.2 Å². The molecule has 1 fully saturated rings. The molecule has 0 spiro atoms. The van der Waals surface area contributed by atoms with Crippen LogP contribution in [-0.2, 0) is 11.3 Å². The Bertz CT molecular complexity index is 1070. The predicted molar refractivity (Wildman–Crippen MR) is 162 cm³/mol. The van der Waals surface area contributed by atoms with Gasteiger partial charge in [-0.05, 0) is 93.0 Å². The number of thioether (sulfide) groups is 1. The molecule has 2 aromatic carbocycles. The van der Waals surface area contributed by atoms with Gasteiger partial charge in [-0.2, -0.15) is 11.8 Å². The first kappa shape index (κ1) is 32.5. The molecule has 5 nitrogen and oxygen atoms in total. The fourth-order valence-corrected chi connectivity index (χ4v) is 5.93. The van der Waals surface area contributed by atoms with Gasteiger partial charge in [0, 0.05) is 17.6 Å². The van der Waals surface area contributed by atoms with Crippen LogP contribution < -0.4 is 5.32 Å². The molecule has 1 aliphatic rings. The maximum absolute atomic E-state index is 13.4. The van der Waals surface area contributed by atoms with Gasteiger partial charge in [-0.3, -0.25) is 9.69 Å².